The number of nitrogens with zero attached hydrogens (tertiary/aromatic N) is 2. The van der Waals surface area contributed by atoms with Crippen LogP contribution in [0.15, 0.2) is 12.1 Å². The highest BCUT2D eigenvalue weighted by atomic mass is 35.5. The van der Waals surface area contributed by atoms with Crippen LogP contribution < -0.4 is 9.47 Å². The highest BCUT2D eigenvalue weighted by molar-refractivity contribution is 6.31. The summed E-state index contributed by atoms with van der Waals surface area (Å²) in [5, 5.41) is 1.04. The Morgan fingerprint density at radius 3 is 1.61 bits per heavy atom. The normalized spacial score (nSPS) is 12.2. The van der Waals surface area contributed by atoms with Crippen molar-refractivity contribution in [2.24, 2.45) is 0 Å². The van der Waals surface area contributed by atoms with E-state index in [1.807, 2.05) is 0 Å². The molecule has 0 amide bonds. The Kier molecular flexibility index (Phi) is 2.57. The minimum absolute atomic E-state index is 0.367. The number of ether oxygens (including phenoxy) is 2. The number of fused-ring (bicyclic) bond motifs is 2. The van der Waals surface area contributed by atoms with E-state index in [4.69, 9.17) is 32.7 Å². The van der Waals surface area contributed by atoms with Gasteiger partial charge in [0, 0.05) is 12.1 Å². The van der Waals surface area contributed by atoms with Crippen LogP contribution in [0.2, 0.25) is 10.0 Å². The average molecular weight is 283 g/mol. The minimum Gasteiger partial charge on any atom is -0.430 e. The fourth-order valence-electron chi connectivity index (χ4n) is 1.58. The number of hydrogen-bond donors (Lipinski definition) is 0. The van der Waals surface area contributed by atoms with Crippen LogP contribution >= 0.6 is 23.2 Å². The molecule has 2 aromatic rings. The molecule has 0 bridgehead atoms. The Balaban J connectivity index is 2.12. The van der Waals surface area contributed by atoms with Gasteiger partial charge in [0.25, 0.3) is 11.8 Å². The molecule has 4 nitrogen and oxygen atoms in total. The van der Waals surface area contributed by atoms with Crippen molar-refractivity contribution in [1.82, 2.24) is 9.97 Å². The number of pyridine rings is 2. The first-order valence-corrected chi connectivity index (χ1v) is 6.00. The Morgan fingerprint density at radius 2 is 1.22 bits per heavy atom. The molecule has 0 radical (unpaired) electrons. The van der Waals surface area contributed by atoms with Crippen molar-refractivity contribution in [2.75, 3.05) is 0 Å². The highest BCUT2D eigenvalue weighted by Crippen LogP contribution is 2.45. The monoisotopic (exact) mass is 282 g/mol. The molecule has 1 aliphatic heterocycles. The average Bonchev–Trinajstić information content (AvgIpc) is 2.31. The van der Waals surface area contributed by atoms with E-state index in [-0.39, 0.29) is 0 Å². The van der Waals surface area contributed by atoms with Crippen molar-refractivity contribution in [1.29, 1.82) is 0 Å². The van der Waals surface area contributed by atoms with Crippen LogP contribution in [-0.2, 0) is 0 Å². The number of aryl methyl sites for hydroxylation is 2. The van der Waals surface area contributed by atoms with E-state index < -0.39 is 0 Å². The summed E-state index contributed by atoms with van der Waals surface area (Å²) in [5.41, 5.74) is 1.35. The lowest BCUT2D eigenvalue weighted by Gasteiger charge is -2.19. The predicted molar refractivity (Wildman–Crippen MR) is 68.1 cm³/mol. The fourth-order valence-corrected chi connectivity index (χ4v) is 1.87. The molecule has 0 aliphatic carbocycles. The SMILES string of the molecule is Cc1nc2c(cc1Cl)Oc1nc(C)c(Cl)cc1O2. The Morgan fingerprint density at radius 1 is 0.833 bits per heavy atom. The van der Waals surface area contributed by atoms with Gasteiger partial charge in [-0.1, -0.05) is 23.2 Å². The van der Waals surface area contributed by atoms with Gasteiger partial charge in [-0.15, -0.1) is 0 Å². The molecule has 2 aromatic heterocycles. The van der Waals surface area contributed by atoms with Crippen LogP contribution in [0.4, 0.5) is 0 Å². The molecule has 0 unspecified atom stereocenters. The lowest BCUT2D eigenvalue weighted by molar-refractivity contribution is 0.335. The van der Waals surface area contributed by atoms with Crippen LogP contribution in [0.5, 0.6) is 23.3 Å². The van der Waals surface area contributed by atoms with Crippen molar-refractivity contribution in [3.05, 3.63) is 33.6 Å². The fraction of sp³-hybridized carbons (Fsp3) is 0.167. The second-order valence-electron chi connectivity index (χ2n) is 3.92. The molecule has 18 heavy (non-hydrogen) atoms. The van der Waals surface area contributed by atoms with Gasteiger partial charge in [0.1, 0.15) is 0 Å². The van der Waals surface area contributed by atoms with Gasteiger partial charge >= 0.3 is 0 Å². The third-order valence-electron chi connectivity index (χ3n) is 2.58. The van der Waals surface area contributed by atoms with Crippen molar-refractivity contribution < 1.29 is 9.47 Å². The molecule has 0 N–H and O–H groups in total. The molecular formula is C12H8Cl2N2O2. The Hall–Kier alpha value is -1.52. The molecule has 3 rings (SSSR count). The minimum atomic E-state index is 0.367. The molecule has 0 saturated heterocycles. The summed E-state index contributed by atoms with van der Waals surface area (Å²) < 4.78 is 11.2. The van der Waals surface area contributed by atoms with Crippen molar-refractivity contribution in [3.63, 3.8) is 0 Å². The van der Waals surface area contributed by atoms with E-state index in [2.05, 4.69) is 9.97 Å². The standard InChI is InChI=1S/C12H8Cl2N2O2/c1-5-7(13)3-9-11(15-5)17-10-4-8(14)6(2)16-12(10)18-9/h3-4H,1-2H3. The summed E-state index contributed by atoms with van der Waals surface area (Å²) in [4.78, 5) is 8.43. The molecule has 6 heteroatoms. The van der Waals surface area contributed by atoms with Crippen molar-refractivity contribution in [3.8, 4) is 23.3 Å². The van der Waals surface area contributed by atoms with Gasteiger partial charge in [-0.3, -0.25) is 0 Å². The van der Waals surface area contributed by atoms with Crippen LogP contribution in [0.25, 0.3) is 0 Å². The number of hydrogen-bond acceptors (Lipinski definition) is 4. The third-order valence-corrected chi connectivity index (χ3v) is 3.35. The van der Waals surface area contributed by atoms with Gasteiger partial charge in [0.2, 0.25) is 0 Å². The molecule has 3 heterocycles. The van der Waals surface area contributed by atoms with Gasteiger partial charge < -0.3 is 9.47 Å². The zero-order valence-electron chi connectivity index (χ0n) is 9.62. The Bertz CT molecular complexity index is 548. The van der Waals surface area contributed by atoms with E-state index in [0.29, 0.717) is 44.7 Å². The molecule has 92 valence electrons. The van der Waals surface area contributed by atoms with Crippen LogP contribution in [0, 0.1) is 13.8 Å². The van der Waals surface area contributed by atoms with Crippen LogP contribution in [0.1, 0.15) is 11.4 Å². The lowest BCUT2D eigenvalue weighted by atomic mass is 10.3. The summed E-state index contributed by atoms with van der Waals surface area (Å²) in [6.07, 6.45) is 0. The van der Waals surface area contributed by atoms with Crippen molar-refractivity contribution >= 4 is 23.2 Å². The van der Waals surface area contributed by atoms with Gasteiger partial charge in [-0.2, -0.15) is 0 Å². The maximum absolute atomic E-state index is 5.99. The largest absolute Gasteiger partial charge is 0.430 e. The summed E-state index contributed by atoms with van der Waals surface area (Å²) >= 11 is 12.0. The molecule has 0 aromatic carbocycles. The summed E-state index contributed by atoms with van der Waals surface area (Å²) in [6, 6.07) is 3.32. The Labute approximate surface area is 113 Å². The first-order valence-electron chi connectivity index (χ1n) is 5.24. The number of rotatable bonds is 0. The van der Waals surface area contributed by atoms with Crippen LogP contribution in [-0.4, -0.2) is 9.97 Å². The van der Waals surface area contributed by atoms with Gasteiger partial charge in [0.05, 0.1) is 21.4 Å². The summed E-state index contributed by atoms with van der Waals surface area (Å²) in [5.74, 6) is 1.64. The smallest absolute Gasteiger partial charge is 0.263 e. The van der Waals surface area contributed by atoms with Gasteiger partial charge in [-0.25, -0.2) is 9.97 Å². The van der Waals surface area contributed by atoms with Crippen molar-refractivity contribution in [2.45, 2.75) is 13.8 Å². The van der Waals surface area contributed by atoms with E-state index in [1.54, 1.807) is 26.0 Å². The quantitative estimate of drug-likeness (QED) is 0.617. The molecular weight excluding hydrogens is 275 g/mol. The molecule has 0 fully saturated rings. The zero-order chi connectivity index (χ0) is 12.9. The zero-order valence-corrected chi connectivity index (χ0v) is 11.1. The van der Waals surface area contributed by atoms with E-state index in [9.17, 15) is 0 Å². The lowest BCUT2D eigenvalue weighted by Crippen LogP contribution is -2.04. The van der Waals surface area contributed by atoms with E-state index in [1.165, 1.54) is 0 Å². The van der Waals surface area contributed by atoms with E-state index >= 15 is 0 Å². The van der Waals surface area contributed by atoms with Gasteiger partial charge in [0.15, 0.2) is 11.5 Å². The second-order valence-corrected chi connectivity index (χ2v) is 4.74. The molecule has 0 saturated carbocycles. The highest BCUT2D eigenvalue weighted by Gasteiger charge is 2.23. The van der Waals surface area contributed by atoms with Gasteiger partial charge in [-0.05, 0) is 13.8 Å². The molecule has 0 spiro atoms. The molecule has 1 aliphatic rings. The second kappa shape index (κ2) is 4.00. The van der Waals surface area contributed by atoms with E-state index in [0.717, 1.165) is 0 Å². The predicted octanol–water partition coefficient (Wildman–Crippen LogP) is 4.30. The summed E-state index contributed by atoms with van der Waals surface area (Å²) in [7, 11) is 0. The number of halogens is 2. The number of aromatic nitrogens is 2. The first kappa shape index (κ1) is 11.6. The van der Waals surface area contributed by atoms with Crippen LogP contribution in [0.3, 0.4) is 0 Å². The molecule has 0 atom stereocenters. The maximum Gasteiger partial charge on any atom is 0.263 e. The maximum atomic E-state index is 5.99. The summed E-state index contributed by atoms with van der Waals surface area (Å²) in [6.45, 7) is 3.59. The first-order chi connectivity index (χ1) is 8.54. The topological polar surface area (TPSA) is 44.2 Å². The third kappa shape index (κ3) is 1.78.